The molecule has 0 radical (unpaired) electrons. The molecule has 1 aliphatic rings. The highest BCUT2D eigenvalue weighted by molar-refractivity contribution is 9.11. The highest BCUT2D eigenvalue weighted by Gasteiger charge is 2.36. The average molecular weight is 514 g/mol. The maximum absolute atomic E-state index is 13.5. The van der Waals surface area contributed by atoms with Crippen molar-refractivity contribution in [2.45, 2.75) is 46.2 Å². The Labute approximate surface area is 197 Å². The van der Waals surface area contributed by atoms with Crippen LogP contribution in [0.4, 0.5) is 10.2 Å². The summed E-state index contributed by atoms with van der Waals surface area (Å²) in [4.78, 5) is 17.5. The van der Waals surface area contributed by atoms with E-state index in [1.54, 1.807) is 12.1 Å². The fraction of sp³-hybridized carbons (Fsp3) is 0.318. The van der Waals surface area contributed by atoms with E-state index in [-0.39, 0.29) is 17.9 Å². The Kier molecular flexibility index (Phi) is 5.29. The molecule has 7 nitrogen and oxygen atoms in total. The molecule has 0 unspecified atom stereocenters. The Bertz CT molecular complexity index is 1300. The number of nitrogens with zero attached hydrogens (tertiary/aromatic N) is 7. The lowest BCUT2D eigenvalue weighted by molar-refractivity contribution is 0.496. The van der Waals surface area contributed by atoms with Crippen molar-refractivity contribution in [1.29, 1.82) is 0 Å². The molecule has 0 fully saturated rings. The summed E-state index contributed by atoms with van der Waals surface area (Å²) in [6.45, 7) is 8.40. The molecule has 1 atom stereocenters. The SMILES string of the molecule is CC[C@@H]1c2nnc(C)n2-c2cnc(-c3sc(Br)nc3-c3ccc(F)cc3)nc2N1C(C)C. The number of halogens is 2. The van der Waals surface area contributed by atoms with Crippen LogP contribution in [0.15, 0.2) is 34.4 Å². The summed E-state index contributed by atoms with van der Waals surface area (Å²) in [5, 5.41) is 8.78. The van der Waals surface area contributed by atoms with Crippen molar-refractivity contribution < 1.29 is 4.39 Å². The fourth-order valence-corrected chi connectivity index (χ4v) is 5.64. The molecule has 164 valence electrons. The second kappa shape index (κ2) is 8.00. The second-order valence-electron chi connectivity index (χ2n) is 7.92. The Morgan fingerprint density at radius 3 is 2.59 bits per heavy atom. The van der Waals surface area contributed by atoms with E-state index >= 15 is 0 Å². The van der Waals surface area contributed by atoms with Gasteiger partial charge in [0.2, 0.25) is 0 Å². The summed E-state index contributed by atoms with van der Waals surface area (Å²) in [7, 11) is 0. The van der Waals surface area contributed by atoms with Crippen LogP contribution in [0.2, 0.25) is 0 Å². The van der Waals surface area contributed by atoms with Crippen LogP contribution in [-0.2, 0) is 0 Å². The molecule has 0 saturated heterocycles. The van der Waals surface area contributed by atoms with E-state index in [9.17, 15) is 4.39 Å². The molecule has 0 N–H and O–H groups in total. The van der Waals surface area contributed by atoms with Gasteiger partial charge >= 0.3 is 0 Å². The van der Waals surface area contributed by atoms with Gasteiger partial charge in [-0.05, 0) is 67.4 Å². The molecule has 0 spiro atoms. The quantitative estimate of drug-likeness (QED) is 0.346. The highest BCUT2D eigenvalue weighted by Crippen LogP contribution is 2.43. The van der Waals surface area contributed by atoms with Gasteiger partial charge in [0.15, 0.2) is 21.4 Å². The molecule has 4 heterocycles. The molecule has 1 aromatic carbocycles. The van der Waals surface area contributed by atoms with Crippen LogP contribution >= 0.6 is 27.3 Å². The summed E-state index contributed by atoms with van der Waals surface area (Å²) in [5.74, 6) is 2.87. The van der Waals surface area contributed by atoms with Gasteiger partial charge in [0.1, 0.15) is 22.2 Å². The van der Waals surface area contributed by atoms with Crippen LogP contribution in [0.5, 0.6) is 0 Å². The van der Waals surface area contributed by atoms with Crippen LogP contribution < -0.4 is 4.90 Å². The van der Waals surface area contributed by atoms with Crippen LogP contribution in [0, 0.1) is 12.7 Å². The monoisotopic (exact) mass is 513 g/mol. The van der Waals surface area contributed by atoms with Gasteiger partial charge in [-0.1, -0.05) is 6.92 Å². The zero-order chi connectivity index (χ0) is 22.6. The third kappa shape index (κ3) is 3.32. The third-order valence-corrected chi connectivity index (χ3v) is 7.09. The van der Waals surface area contributed by atoms with Crippen LogP contribution in [0.3, 0.4) is 0 Å². The van der Waals surface area contributed by atoms with Gasteiger partial charge in [-0.2, -0.15) is 0 Å². The number of hydrogen-bond donors (Lipinski definition) is 0. The first-order valence-corrected chi connectivity index (χ1v) is 12.0. The minimum atomic E-state index is -0.284. The van der Waals surface area contributed by atoms with Gasteiger partial charge in [0.05, 0.1) is 17.9 Å². The molecule has 0 amide bonds. The zero-order valence-electron chi connectivity index (χ0n) is 18.0. The molecule has 0 aliphatic carbocycles. The minimum Gasteiger partial charge on any atom is -0.342 e. The summed E-state index contributed by atoms with van der Waals surface area (Å²) < 4.78 is 16.2. The number of anilines is 1. The molecule has 3 aromatic heterocycles. The van der Waals surface area contributed by atoms with Crippen molar-refractivity contribution >= 4 is 33.1 Å². The van der Waals surface area contributed by atoms with Gasteiger partial charge in [-0.25, -0.2) is 19.3 Å². The zero-order valence-corrected chi connectivity index (χ0v) is 20.4. The Morgan fingerprint density at radius 2 is 1.91 bits per heavy atom. The summed E-state index contributed by atoms with van der Waals surface area (Å²) in [6, 6.07) is 6.58. The van der Waals surface area contributed by atoms with Gasteiger partial charge in [-0.3, -0.25) is 4.57 Å². The van der Waals surface area contributed by atoms with Crippen molar-refractivity contribution in [2.75, 3.05) is 4.90 Å². The molecule has 0 bridgehead atoms. The lowest BCUT2D eigenvalue weighted by Gasteiger charge is -2.39. The normalized spacial score (nSPS) is 15.2. The molecule has 10 heteroatoms. The van der Waals surface area contributed by atoms with Gasteiger partial charge < -0.3 is 4.90 Å². The van der Waals surface area contributed by atoms with Crippen molar-refractivity contribution in [3.8, 4) is 27.6 Å². The van der Waals surface area contributed by atoms with E-state index in [1.807, 2.05) is 13.1 Å². The van der Waals surface area contributed by atoms with Crippen molar-refractivity contribution in [3.63, 3.8) is 0 Å². The average Bonchev–Trinajstić information content (AvgIpc) is 3.35. The van der Waals surface area contributed by atoms with Crippen LogP contribution in [0.25, 0.3) is 27.6 Å². The predicted octanol–water partition coefficient (Wildman–Crippen LogP) is 5.74. The molecule has 1 aliphatic heterocycles. The second-order valence-corrected chi connectivity index (χ2v) is 10.2. The predicted molar refractivity (Wildman–Crippen MR) is 127 cm³/mol. The van der Waals surface area contributed by atoms with Gasteiger partial charge in [0.25, 0.3) is 0 Å². The lowest BCUT2D eigenvalue weighted by atomic mass is 10.1. The Hall–Kier alpha value is -2.72. The molecule has 32 heavy (non-hydrogen) atoms. The van der Waals surface area contributed by atoms with E-state index in [4.69, 9.17) is 9.97 Å². The van der Waals surface area contributed by atoms with Crippen LogP contribution in [0.1, 0.15) is 44.9 Å². The smallest absolute Gasteiger partial charge is 0.174 e. The minimum absolute atomic E-state index is 0.0659. The van der Waals surface area contributed by atoms with E-state index in [0.717, 1.165) is 49.6 Å². The van der Waals surface area contributed by atoms with Crippen LogP contribution in [-0.4, -0.2) is 35.8 Å². The fourth-order valence-electron chi connectivity index (χ4n) is 4.22. The molecular formula is C22H21BrFN7S. The largest absolute Gasteiger partial charge is 0.342 e. The first kappa shape index (κ1) is 21.1. The van der Waals surface area contributed by atoms with Crippen molar-refractivity contribution in [2.24, 2.45) is 0 Å². The standard InChI is InChI=1S/C22H21BrFN7S/c1-5-15-21-29-28-12(4)31(21)16-10-25-19(27-20(16)30(15)11(2)3)18-17(26-22(23)32-18)13-6-8-14(24)9-7-13/h6-11,15H,5H2,1-4H3/t15-/m1/s1. The number of rotatable bonds is 4. The Balaban J connectivity index is 1.70. The topological polar surface area (TPSA) is 72.6 Å². The number of thiazole rings is 1. The summed E-state index contributed by atoms with van der Waals surface area (Å²) in [6.07, 6.45) is 2.71. The number of benzene rings is 1. The van der Waals surface area contributed by atoms with E-state index in [0.29, 0.717) is 5.82 Å². The molecule has 4 aromatic rings. The number of aromatic nitrogens is 6. The Morgan fingerprint density at radius 1 is 1.16 bits per heavy atom. The maximum Gasteiger partial charge on any atom is 0.174 e. The number of aryl methyl sites for hydroxylation is 1. The van der Waals surface area contributed by atoms with E-state index < -0.39 is 0 Å². The molecule has 5 rings (SSSR count). The van der Waals surface area contributed by atoms with Crippen molar-refractivity contribution in [3.05, 3.63) is 51.8 Å². The third-order valence-electron chi connectivity index (χ3n) is 5.58. The first-order chi connectivity index (χ1) is 15.4. The number of fused-ring (bicyclic) bond motifs is 3. The van der Waals surface area contributed by atoms with Gasteiger partial charge in [0, 0.05) is 11.6 Å². The highest BCUT2D eigenvalue weighted by atomic mass is 79.9. The summed E-state index contributed by atoms with van der Waals surface area (Å²) >= 11 is 4.96. The van der Waals surface area contributed by atoms with E-state index in [2.05, 4.69) is 61.3 Å². The van der Waals surface area contributed by atoms with E-state index in [1.165, 1.54) is 23.5 Å². The lowest BCUT2D eigenvalue weighted by Crippen LogP contribution is -2.40. The molecular weight excluding hydrogens is 493 g/mol. The van der Waals surface area contributed by atoms with Crippen molar-refractivity contribution in [1.82, 2.24) is 29.7 Å². The molecule has 0 saturated carbocycles. The first-order valence-electron chi connectivity index (χ1n) is 10.4. The van der Waals surface area contributed by atoms with Gasteiger partial charge in [-0.15, -0.1) is 21.5 Å². The maximum atomic E-state index is 13.5. The summed E-state index contributed by atoms with van der Waals surface area (Å²) in [5.41, 5.74) is 2.41. The number of hydrogen-bond acceptors (Lipinski definition) is 7.